The number of cyclic esters (lactones) is 1. The van der Waals surface area contributed by atoms with E-state index >= 15 is 0 Å². The predicted molar refractivity (Wildman–Crippen MR) is 120 cm³/mol. The first-order chi connectivity index (χ1) is 14.9. The van der Waals surface area contributed by atoms with Crippen molar-refractivity contribution in [2.75, 3.05) is 0 Å². The van der Waals surface area contributed by atoms with Crippen LogP contribution >= 0.6 is 23.2 Å². The number of rotatable bonds is 4. The lowest BCUT2D eigenvalue weighted by Crippen LogP contribution is -2.08. The fraction of sp³-hybridized carbons (Fsp3) is 0.0417. The number of benzene rings is 3. The zero-order chi connectivity index (χ0) is 22.0. The average Bonchev–Trinajstić information content (AvgIpc) is 3.12. The van der Waals surface area contributed by atoms with Crippen molar-refractivity contribution in [2.45, 2.75) is 6.92 Å². The molecule has 1 aliphatic heterocycles. The van der Waals surface area contributed by atoms with Crippen molar-refractivity contribution in [3.05, 3.63) is 105 Å². The first-order valence-electron chi connectivity index (χ1n) is 9.26. The van der Waals surface area contributed by atoms with Crippen LogP contribution < -0.4 is 4.74 Å². The van der Waals surface area contributed by atoms with Crippen molar-refractivity contribution < 1.29 is 19.1 Å². The number of hydrogen-bond donors (Lipinski definition) is 0. The lowest BCUT2D eigenvalue weighted by molar-refractivity contribution is -0.129. The fourth-order valence-electron chi connectivity index (χ4n) is 2.84. The van der Waals surface area contributed by atoms with Crippen molar-refractivity contribution in [2.24, 2.45) is 4.99 Å². The summed E-state index contributed by atoms with van der Waals surface area (Å²) in [5.41, 5.74) is 2.67. The Hall–Kier alpha value is -3.41. The number of esters is 2. The second-order valence-corrected chi connectivity index (χ2v) is 7.55. The fourth-order valence-corrected chi connectivity index (χ4v) is 3.23. The molecule has 0 aliphatic carbocycles. The number of carbonyl (C=O) groups is 2. The van der Waals surface area contributed by atoms with E-state index in [4.69, 9.17) is 32.7 Å². The molecule has 0 radical (unpaired) electrons. The first kappa shape index (κ1) is 20.8. The van der Waals surface area contributed by atoms with Crippen LogP contribution in [0.5, 0.6) is 5.75 Å². The quantitative estimate of drug-likeness (QED) is 0.282. The molecule has 3 aromatic rings. The van der Waals surface area contributed by atoms with E-state index in [1.54, 1.807) is 66.7 Å². The number of ether oxygens (including phenoxy) is 2. The maximum atomic E-state index is 12.3. The SMILES string of the molecule is Cc1ccc(C2=N/C(=C\c3ccc(OC(=O)c4ccccc4Cl)cc3)C(=O)O2)cc1Cl. The van der Waals surface area contributed by atoms with E-state index in [9.17, 15) is 9.59 Å². The highest BCUT2D eigenvalue weighted by atomic mass is 35.5. The standard InChI is InChI=1S/C24H15Cl2NO4/c1-14-6-9-16(13-20(14)26)22-27-21(24(29)31-22)12-15-7-10-17(11-8-15)30-23(28)18-4-2-3-5-19(18)25/h2-13H,1H3/b21-12-. The molecule has 0 fully saturated rings. The Labute approximate surface area is 188 Å². The summed E-state index contributed by atoms with van der Waals surface area (Å²) in [5.74, 6) is -0.564. The molecule has 0 N–H and O–H groups in total. The highest BCUT2D eigenvalue weighted by molar-refractivity contribution is 6.33. The minimum atomic E-state index is -0.555. The Balaban J connectivity index is 1.50. The largest absolute Gasteiger partial charge is 0.423 e. The minimum absolute atomic E-state index is 0.160. The van der Waals surface area contributed by atoms with Gasteiger partial charge in [-0.1, -0.05) is 53.5 Å². The molecule has 0 bridgehead atoms. The summed E-state index contributed by atoms with van der Waals surface area (Å²) in [6, 6.07) is 18.6. The van der Waals surface area contributed by atoms with Gasteiger partial charge in [0.25, 0.3) is 0 Å². The first-order valence-corrected chi connectivity index (χ1v) is 10.0. The van der Waals surface area contributed by atoms with E-state index in [1.807, 2.05) is 13.0 Å². The van der Waals surface area contributed by atoms with Gasteiger partial charge < -0.3 is 9.47 Å². The topological polar surface area (TPSA) is 65.0 Å². The molecule has 0 aromatic heterocycles. The van der Waals surface area contributed by atoms with Gasteiger partial charge in [0.15, 0.2) is 5.70 Å². The van der Waals surface area contributed by atoms with Crippen molar-refractivity contribution in [1.29, 1.82) is 0 Å². The molecule has 4 rings (SSSR count). The van der Waals surface area contributed by atoms with E-state index < -0.39 is 11.9 Å². The second kappa shape index (κ2) is 8.76. The summed E-state index contributed by atoms with van der Waals surface area (Å²) in [4.78, 5) is 28.7. The lowest BCUT2D eigenvalue weighted by atomic mass is 10.1. The monoisotopic (exact) mass is 451 g/mol. The molecule has 1 heterocycles. The molecule has 0 amide bonds. The molecule has 0 spiro atoms. The number of carbonyl (C=O) groups excluding carboxylic acids is 2. The van der Waals surface area contributed by atoms with Gasteiger partial charge in [-0.15, -0.1) is 0 Å². The second-order valence-electron chi connectivity index (χ2n) is 6.74. The molecule has 154 valence electrons. The zero-order valence-electron chi connectivity index (χ0n) is 16.3. The molecule has 0 saturated heterocycles. The Kier molecular flexibility index (Phi) is 5.89. The summed E-state index contributed by atoms with van der Waals surface area (Å²) < 4.78 is 10.6. The third-order valence-corrected chi connectivity index (χ3v) is 5.26. The number of hydrogen-bond acceptors (Lipinski definition) is 5. The van der Waals surface area contributed by atoms with Crippen molar-refractivity contribution in [3.63, 3.8) is 0 Å². The van der Waals surface area contributed by atoms with E-state index in [-0.39, 0.29) is 17.2 Å². The van der Waals surface area contributed by atoms with Crippen LogP contribution in [-0.4, -0.2) is 17.8 Å². The van der Waals surface area contributed by atoms with Crippen LogP contribution in [-0.2, 0) is 9.53 Å². The van der Waals surface area contributed by atoms with E-state index in [2.05, 4.69) is 4.99 Å². The van der Waals surface area contributed by atoms with Gasteiger partial charge in [-0.25, -0.2) is 14.6 Å². The van der Waals surface area contributed by atoms with Crippen LogP contribution in [0, 0.1) is 6.92 Å². The summed E-state index contributed by atoms with van der Waals surface area (Å²) in [5, 5.41) is 0.882. The van der Waals surface area contributed by atoms with Crippen LogP contribution in [0.2, 0.25) is 10.0 Å². The Morgan fingerprint density at radius 2 is 1.74 bits per heavy atom. The van der Waals surface area contributed by atoms with Crippen LogP contribution in [0.4, 0.5) is 0 Å². The molecule has 1 aliphatic rings. The molecule has 3 aromatic carbocycles. The maximum absolute atomic E-state index is 12.3. The average molecular weight is 452 g/mol. The Morgan fingerprint density at radius 1 is 1.00 bits per heavy atom. The highest BCUT2D eigenvalue weighted by Crippen LogP contribution is 2.24. The number of aliphatic imine (C=N–C) groups is 1. The van der Waals surface area contributed by atoms with E-state index in [0.29, 0.717) is 26.9 Å². The molecule has 7 heteroatoms. The predicted octanol–water partition coefficient (Wildman–Crippen LogP) is 5.87. The van der Waals surface area contributed by atoms with Crippen LogP contribution in [0.1, 0.15) is 27.0 Å². The van der Waals surface area contributed by atoms with Crippen molar-refractivity contribution in [3.8, 4) is 5.75 Å². The van der Waals surface area contributed by atoms with Crippen molar-refractivity contribution >= 4 is 47.1 Å². The van der Waals surface area contributed by atoms with E-state index in [1.165, 1.54) is 0 Å². The number of nitrogens with zero attached hydrogens (tertiary/aromatic N) is 1. The molecular weight excluding hydrogens is 437 g/mol. The van der Waals surface area contributed by atoms with Crippen LogP contribution in [0.15, 0.2) is 77.4 Å². The third-order valence-electron chi connectivity index (χ3n) is 4.53. The normalized spacial score (nSPS) is 14.4. The van der Waals surface area contributed by atoms with Gasteiger partial charge >= 0.3 is 11.9 Å². The molecule has 0 atom stereocenters. The van der Waals surface area contributed by atoms with Crippen LogP contribution in [0.25, 0.3) is 6.08 Å². The summed E-state index contributed by atoms with van der Waals surface area (Å²) >= 11 is 12.2. The van der Waals surface area contributed by atoms with Crippen LogP contribution in [0.3, 0.4) is 0 Å². The molecular formula is C24H15Cl2NO4. The van der Waals surface area contributed by atoms with Gasteiger partial charge in [0.1, 0.15) is 5.75 Å². The summed E-state index contributed by atoms with van der Waals surface area (Å²) in [7, 11) is 0. The van der Waals surface area contributed by atoms with E-state index in [0.717, 1.165) is 5.56 Å². The van der Waals surface area contributed by atoms with Crippen molar-refractivity contribution in [1.82, 2.24) is 0 Å². The third kappa shape index (κ3) is 4.68. The smallest absolute Gasteiger partial charge is 0.363 e. The molecule has 0 unspecified atom stereocenters. The Morgan fingerprint density at radius 3 is 2.45 bits per heavy atom. The van der Waals surface area contributed by atoms with Gasteiger partial charge in [0, 0.05) is 10.6 Å². The van der Waals surface area contributed by atoms with Gasteiger partial charge in [-0.05, 0) is 60.5 Å². The number of aryl methyl sites for hydroxylation is 1. The zero-order valence-corrected chi connectivity index (χ0v) is 17.8. The maximum Gasteiger partial charge on any atom is 0.363 e. The Bertz CT molecular complexity index is 1250. The summed E-state index contributed by atoms with van der Waals surface area (Å²) in [6.45, 7) is 1.88. The van der Waals surface area contributed by atoms with Gasteiger partial charge in [0.05, 0.1) is 10.6 Å². The summed E-state index contributed by atoms with van der Waals surface area (Å²) in [6.07, 6.45) is 1.59. The highest BCUT2D eigenvalue weighted by Gasteiger charge is 2.24. The van der Waals surface area contributed by atoms with Gasteiger partial charge in [-0.2, -0.15) is 0 Å². The number of halogens is 2. The molecule has 31 heavy (non-hydrogen) atoms. The minimum Gasteiger partial charge on any atom is -0.423 e. The van der Waals surface area contributed by atoms with Gasteiger partial charge in [-0.3, -0.25) is 0 Å². The molecule has 0 saturated carbocycles. The lowest BCUT2D eigenvalue weighted by Gasteiger charge is -2.06. The molecule has 5 nitrogen and oxygen atoms in total. The van der Waals surface area contributed by atoms with Gasteiger partial charge in [0.2, 0.25) is 5.90 Å².